The van der Waals surface area contributed by atoms with Crippen LogP contribution in [0.4, 0.5) is 0 Å². The van der Waals surface area contributed by atoms with Crippen molar-refractivity contribution in [2.75, 3.05) is 13.1 Å². The highest BCUT2D eigenvalue weighted by molar-refractivity contribution is 5.88. The number of nitrogens with zero attached hydrogens (tertiary/aromatic N) is 1. The lowest BCUT2D eigenvalue weighted by Gasteiger charge is -2.29. The van der Waals surface area contributed by atoms with Gasteiger partial charge in [-0.05, 0) is 25.9 Å². The largest absolute Gasteiger partial charge is 0.385 e. The van der Waals surface area contributed by atoms with E-state index in [4.69, 9.17) is 0 Å². The summed E-state index contributed by atoms with van der Waals surface area (Å²) < 4.78 is 0. The number of aliphatic hydroxyl groups excluding tert-OH is 1. The quantitative estimate of drug-likeness (QED) is 0.801. The number of rotatable bonds is 3. The van der Waals surface area contributed by atoms with Gasteiger partial charge in [-0.2, -0.15) is 0 Å². The smallest absolute Gasteiger partial charge is 0.178 e. The molecule has 3 nitrogen and oxygen atoms in total. The van der Waals surface area contributed by atoms with Crippen molar-refractivity contribution in [1.29, 1.82) is 0 Å². The summed E-state index contributed by atoms with van der Waals surface area (Å²) in [4.78, 5) is 14.3. The summed E-state index contributed by atoms with van der Waals surface area (Å²) in [5.41, 5.74) is 0. The highest BCUT2D eigenvalue weighted by Crippen LogP contribution is 2.19. The van der Waals surface area contributed by atoms with Gasteiger partial charge in [-0.15, -0.1) is 0 Å². The minimum atomic E-state index is -0.733. The molecule has 3 heteroatoms. The molecular weight excluding hydrogens is 202 g/mol. The van der Waals surface area contributed by atoms with Crippen LogP contribution in [0.25, 0.3) is 0 Å². The van der Waals surface area contributed by atoms with Crippen LogP contribution < -0.4 is 0 Å². The Hall–Kier alpha value is -0.410. The summed E-state index contributed by atoms with van der Waals surface area (Å²) >= 11 is 0. The van der Waals surface area contributed by atoms with Gasteiger partial charge in [-0.25, -0.2) is 0 Å². The van der Waals surface area contributed by atoms with E-state index in [0.29, 0.717) is 6.42 Å². The van der Waals surface area contributed by atoms with Crippen LogP contribution >= 0.6 is 0 Å². The third kappa shape index (κ3) is 3.56. The van der Waals surface area contributed by atoms with E-state index in [1.165, 1.54) is 6.42 Å². The Morgan fingerprint density at radius 1 is 1.12 bits per heavy atom. The van der Waals surface area contributed by atoms with Gasteiger partial charge in [0, 0.05) is 0 Å². The van der Waals surface area contributed by atoms with Crippen LogP contribution in [0.1, 0.15) is 52.4 Å². The fraction of sp³-hybridized carbons (Fsp3) is 0.923. The van der Waals surface area contributed by atoms with E-state index in [1.54, 1.807) is 0 Å². The zero-order valence-electron chi connectivity index (χ0n) is 10.6. The molecule has 0 bridgehead atoms. The number of carbonyl (C=O) groups is 1. The van der Waals surface area contributed by atoms with Crippen LogP contribution in [-0.4, -0.2) is 41.0 Å². The monoisotopic (exact) mass is 227 g/mol. The van der Waals surface area contributed by atoms with Gasteiger partial charge >= 0.3 is 0 Å². The van der Waals surface area contributed by atoms with Crippen LogP contribution in [0.5, 0.6) is 0 Å². The summed E-state index contributed by atoms with van der Waals surface area (Å²) in [6, 6.07) is -0.0527. The topological polar surface area (TPSA) is 40.5 Å². The third-order valence-corrected chi connectivity index (χ3v) is 3.62. The second-order valence-corrected chi connectivity index (χ2v) is 4.65. The van der Waals surface area contributed by atoms with Crippen molar-refractivity contribution in [1.82, 2.24) is 4.90 Å². The van der Waals surface area contributed by atoms with Crippen molar-refractivity contribution in [3.05, 3.63) is 0 Å². The van der Waals surface area contributed by atoms with Crippen molar-refractivity contribution in [3.63, 3.8) is 0 Å². The molecule has 0 unspecified atom stereocenters. The van der Waals surface area contributed by atoms with E-state index in [-0.39, 0.29) is 11.8 Å². The van der Waals surface area contributed by atoms with Crippen LogP contribution in [-0.2, 0) is 4.79 Å². The molecule has 16 heavy (non-hydrogen) atoms. The molecule has 1 N–H and O–H groups in total. The van der Waals surface area contributed by atoms with E-state index in [2.05, 4.69) is 18.7 Å². The zero-order valence-corrected chi connectivity index (χ0v) is 10.6. The number of carbonyl (C=O) groups excluding carboxylic acids is 1. The SMILES string of the molecule is CCN(CC)[C@H]1CCCCCC[C@@H](O)C1=O. The molecule has 0 amide bonds. The second kappa shape index (κ2) is 7.02. The van der Waals surface area contributed by atoms with Crippen LogP contribution in [0.3, 0.4) is 0 Å². The molecule has 2 atom stereocenters. The van der Waals surface area contributed by atoms with Crippen molar-refractivity contribution >= 4 is 5.78 Å². The lowest BCUT2D eigenvalue weighted by molar-refractivity contribution is -0.133. The molecular formula is C13H25NO2. The Bertz CT molecular complexity index is 214. The molecule has 0 aromatic heterocycles. The van der Waals surface area contributed by atoms with E-state index >= 15 is 0 Å². The van der Waals surface area contributed by atoms with E-state index in [0.717, 1.165) is 38.8 Å². The number of hydrogen-bond acceptors (Lipinski definition) is 3. The summed E-state index contributed by atoms with van der Waals surface area (Å²) in [7, 11) is 0. The maximum atomic E-state index is 12.1. The first-order valence-corrected chi connectivity index (χ1v) is 6.66. The lowest BCUT2D eigenvalue weighted by Crippen LogP contribution is -2.45. The molecule has 1 aliphatic carbocycles. The molecule has 0 aliphatic heterocycles. The Kier molecular flexibility index (Phi) is 5.99. The Labute approximate surface area is 98.8 Å². The number of ketones is 1. The molecule has 0 saturated heterocycles. The summed E-state index contributed by atoms with van der Waals surface area (Å²) in [6.45, 7) is 5.94. The fourth-order valence-electron chi connectivity index (χ4n) is 2.56. The van der Waals surface area contributed by atoms with Crippen molar-refractivity contribution < 1.29 is 9.90 Å². The van der Waals surface area contributed by atoms with Crippen LogP contribution in [0.2, 0.25) is 0 Å². The highest BCUT2D eigenvalue weighted by Gasteiger charge is 2.29. The Balaban J connectivity index is 2.71. The molecule has 0 aromatic carbocycles. The molecule has 1 rings (SSSR count). The standard InChI is InChI=1S/C13H25NO2/c1-3-14(4-2)11-9-7-5-6-8-10-12(15)13(11)16/h11-12,15H,3-10H2,1-2H3/t11-,12+/m0/s1. The lowest BCUT2D eigenvalue weighted by atomic mass is 9.99. The number of Topliss-reactive ketones (excluding diaryl/α,β-unsaturated/α-hetero) is 1. The van der Waals surface area contributed by atoms with Gasteiger partial charge < -0.3 is 5.11 Å². The molecule has 0 radical (unpaired) electrons. The molecule has 94 valence electrons. The number of hydrogen-bond donors (Lipinski definition) is 1. The van der Waals surface area contributed by atoms with Crippen molar-refractivity contribution in [2.24, 2.45) is 0 Å². The van der Waals surface area contributed by atoms with Gasteiger partial charge in [-0.3, -0.25) is 9.69 Å². The van der Waals surface area contributed by atoms with Crippen LogP contribution in [0, 0.1) is 0 Å². The first-order chi connectivity index (χ1) is 7.70. The number of likely N-dealkylation sites (N-methyl/N-ethyl adjacent to an activating group) is 1. The average Bonchev–Trinajstić information content (AvgIpc) is 2.37. The minimum Gasteiger partial charge on any atom is -0.385 e. The molecule has 1 fully saturated rings. The molecule has 0 aromatic rings. The highest BCUT2D eigenvalue weighted by atomic mass is 16.3. The van der Waals surface area contributed by atoms with Gasteiger partial charge in [-0.1, -0.05) is 39.5 Å². The molecule has 0 heterocycles. The van der Waals surface area contributed by atoms with Gasteiger partial charge in [0.1, 0.15) is 6.10 Å². The van der Waals surface area contributed by atoms with Gasteiger partial charge in [0.25, 0.3) is 0 Å². The second-order valence-electron chi connectivity index (χ2n) is 4.65. The maximum absolute atomic E-state index is 12.1. The minimum absolute atomic E-state index is 0.0469. The first kappa shape index (κ1) is 13.7. The van der Waals surface area contributed by atoms with Crippen molar-refractivity contribution in [2.45, 2.75) is 64.5 Å². The Morgan fingerprint density at radius 3 is 2.25 bits per heavy atom. The fourth-order valence-corrected chi connectivity index (χ4v) is 2.56. The van der Waals surface area contributed by atoms with Gasteiger partial charge in [0.15, 0.2) is 5.78 Å². The third-order valence-electron chi connectivity index (χ3n) is 3.62. The van der Waals surface area contributed by atoms with Crippen LogP contribution in [0.15, 0.2) is 0 Å². The Morgan fingerprint density at radius 2 is 1.69 bits per heavy atom. The maximum Gasteiger partial charge on any atom is 0.178 e. The van der Waals surface area contributed by atoms with Crippen molar-refractivity contribution in [3.8, 4) is 0 Å². The summed E-state index contributed by atoms with van der Waals surface area (Å²) in [6.07, 6.45) is 5.27. The molecule has 0 spiro atoms. The number of aliphatic hydroxyl groups is 1. The average molecular weight is 227 g/mol. The summed E-state index contributed by atoms with van der Waals surface area (Å²) in [5, 5.41) is 9.84. The predicted octanol–water partition coefficient (Wildman–Crippen LogP) is 1.98. The van der Waals surface area contributed by atoms with Gasteiger partial charge in [0.2, 0.25) is 0 Å². The van der Waals surface area contributed by atoms with E-state index in [9.17, 15) is 9.90 Å². The normalized spacial score (nSPS) is 28.6. The van der Waals surface area contributed by atoms with Gasteiger partial charge in [0.05, 0.1) is 6.04 Å². The van der Waals surface area contributed by atoms with E-state index < -0.39 is 6.10 Å². The molecule has 1 aliphatic rings. The zero-order chi connectivity index (χ0) is 12.0. The van der Waals surface area contributed by atoms with E-state index in [1.807, 2.05) is 0 Å². The predicted molar refractivity (Wildman–Crippen MR) is 65.4 cm³/mol. The summed E-state index contributed by atoms with van der Waals surface area (Å²) in [5.74, 6) is 0.0469. The molecule has 1 saturated carbocycles. The first-order valence-electron chi connectivity index (χ1n) is 6.66.